The SMILES string of the molecule is CCOC(C(=O)O)C(C)COC. The second kappa shape index (κ2) is 5.97. The zero-order valence-corrected chi connectivity index (χ0v) is 7.74. The third-order valence-electron chi connectivity index (χ3n) is 1.54. The molecule has 2 unspecified atom stereocenters. The maximum atomic E-state index is 10.6. The van der Waals surface area contributed by atoms with Gasteiger partial charge in [0.1, 0.15) is 0 Å². The minimum absolute atomic E-state index is 0.118. The lowest BCUT2D eigenvalue weighted by atomic mass is 10.1. The number of carboxylic acid groups (broad SMARTS) is 1. The lowest BCUT2D eigenvalue weighted by Crippen LogP contribution is -2.33. The van der Waals surface area contributed by atoms with E-state index in [2.05, 4.69) is 0 Å². The van der Waals surface area contributed by atoms with E-state index in [1.807, 2.05) is 0 Å². The molecule has 0 amide bonds. The monoisotopic (exact) mass is 176 g/mol. The summed E-state index contributed by atoms with van der Waals surface area (Å²) in [4.78, 5) is 10.6. The molecule has 0 aromatic carbocycles. The van der Waals surface area contributed by atoms with E-state index >= 15 is 0 Å². The first-order valence-electron chi connectivity index (χ1n) is 3.96. The van der Waals surface area contributed by atoms with Crippen LogP contribution in [0.5, 0.6) is 0 Å². The van der Waals surface area contributed by atoms with E-state index in [0.717, 1.165) is 0 Å². The molecule has 0 radical (unpaired) electrons. The lowest BCUT2D eigenvalue weighted by molar-refractivity contribution is -0.154. The molecule has 0 aromatic rings. The van der Waals surface area contributed by atoms with Gasteiger partial charge in [-0.3, -0.25) is 0 Å². The molecule has 4 nitrogen and oxygen atoms in total. The Balaban J connectivity index is 3.99. The molecule has 0 rings (SSSR count). The molecule has 2 atom stereocenters. The number of hydrogen-bond donors (Lipinski definition) is 1. The van der Waals surface area contributed by atoms with Crippen LogP contribution in [0.15, 0.2) is 0 Å². The fraction of sp³-hybridized carbons (Fsp3) is 0.875. The van der Waals surface area contributed by atoms with Crippen molar-refractivity contribution in [1.29, 1.82) is 0 Å². The van der Waals surface area contributed by atoms with Crippen LogP contribution in [0.1, 0.15) is 13.8 Å². The zero-order chi connectivity index (χ0) is 9.56. The quantitative estimate of drug-likeness (QED) is 0.649. The first-order chi connectivity index (χ1) is 5.63. The van der Waals surface area contributed by atoms with Crippen molar-refractivity contribution in [3.8, 4) is 0 Å². The summed E-state index contributed by atoms with van der Waals surface area (Å²) >= 11 is 0. The summed E-state index contributed by atoms with van der Waals surface area (Å²) < 4.78 is 9.88. The third-order valence-corrected chi connectivity index (χ3v) is 1.54. The van der Waals surface area contributed by atoms with E-state index in [1.165, 1.54) is 0 Å². The molecule has 0 bridgehead atoms. The number of rotatable bonds is 6. The van der Waals surface area contributed by atoms with Crippen LogP contribution in [-0.2, 0) is 14.3 Å². The highest BCUT2D eigenvalue weighted by atomic mass is 16.5. The number of ether oxygens (including phenoxy) is 2. The second-order valence-corrected chi connectivity index (χ2v) is 2.65. The van der Waals surface area contributed by atoms with Gasteiger partial charge in [-0.2, -0.15) is 0 Å². The highest BCUT2D eigenvalue weighted by Gasteiger charge is 2.24. The fourth-order valence-corrected chi connectivity index (χ4v) is 1.01. The van der Waals surface area contributed by atoms with Crippen LogP contribution in [0.4, 0.5) is 0 Å². The largest absolute Gasteiger partial charge is 0.479 e. The Hall–Kier alpha value is -0.610. The van der Waals surface area contributed by atoms with Crippen molar-refractivity contribution >= 4 is 5.97 Å². The standard InChI is InChI=1S/C8H16O4/c1-4-12-7(8(9)10)6(2)5-11-3/h6-7H,4-5H2,1-3H3,(H,9,10). The number of carboxylic acids is 1. The fourth-order valence-electron chi connectivity index (χ4n) is 1.01. The van der Waals surface area contributed by atoms with Gasteiger partial charge >= 0.3 is 5.97 Å². The minimum atomic E-state index is -0.929. The molecule has 1 N–H and O–H groups in total. The normalized spacial score (nSPS) is 15.6. The first kappa shape index (κ1) is 11.4. The summed E-state index contributed by atoms with van der Waals surface area (Å²) in [5.74, 6) is -1.05. The number of methoxy groups -OCH3 is 1. The molecule has 0 saturated heterocycles. The van der Waals surface area contributed by atoms with Crippen molar-refractivity contribution in [1.82, 2.24) is 0 Å². The summed E-state index contributed by atoms with van der Waals surface area (Å²) in [6, 6.07) is 0. The Labute approximate surface area is 72.5 Å². The van der Waals surface area contributed by atoms with Crippen molar-refractivity contribution in [3.05, 3.63) is 0 Å². The summed E-state index contributed by atoms with van der Waals surface area (Å²) in [5.41, 5.74) is 0. The summed E-state index contributed by atoms with van der Waals surface area (Å²) in [6.45, 7) is 4.37. The predicted molar refractivity (Wildman–Crippen MR) is 44.1 cm³/mol. The van der Waals surface area contributed by atoms with Crippen molar-refractivity contribution in [3.63, 3.8) is 0 Å². The van der Waals surface area contributed by atoms with Gasteiger partial charge in [0.15, 0.2) is 6.10 Å². The van der Waals surface area contributed by atoms with Crippen molar-refractivity contribution in [2.45, 2.75) is 20.0 Å². The van der Waals surface area contributed by atoms with E-state index in [0.29, 0.717) is 13.2 Å². The van der Waals surface area contributed by atoms with Crippen LogP contribution in [0.3, 0.4) is 0 Å². The van der Waals surface area contributed by atoms with Crippen LogP contribution in [0.25, 0.3) is 0 Å². The van der Waals surface area contributed by atoms with Crippen LogP contribution >= 0.6 is 0 Å². The van der Waals surface area contributed by atoms with Gasteiger partial charge in [-0.1, -0.05) is 6.92 Å². The number of aliphatic carboxylic acids is 1. The van der Waals surface area contributed by atoms with Crippen LogP contribution < -0.4 is 0 Å². The Bertz CT molecular complexity index is 135. The van der Waals surface area contributed by atoms with E-state index in [1.54, 1.807) is 21.0 Å². The summed E-state index contributed by atoms with van der Waals surface area (Å²) in [5, 5.41) is 8.72. The Morgan fingerprint density at radius 2 is 2.17 bits per heavy atom. The topological polar surface area (TPSA) is 55.8 Å². The molecular weight excluding hydrogens is 160 g/mol. The van der Waals surface area contributed by atoms with Gasteiger partial charge in [-0.05, 0) is 6.92 Å². The molecule has 0 aromatic heterocycles. The Morgan fingerprint density at radius 1 is 1.58 bits per heavy atom. The van der Waals surface area contributed by atoms with Gasteiger partial charge in [0.2, 0.25) is 0 Å². The van der Waals surface area contributed by atoms with Gasteiger partial charge in [0, 0.05) is 19.6 Å². The van der Waals surface area contributed by atoms with Crippen LogP contribution in [0, 0.1) is 5.92 Å². The van der Waals surface area contributed by atoms with Gasteiger partial charge in [0.05, 0.1) is 6.61 Å². The van der Waals surface area contributed by atoms with Crippen molar-refractivity contribution < 1.29 is 19.4 Å². The van der Waals surface area contributed by atoms with E-state index < -0.39 is 12.1 Å². The summed E-state index contributed by atoms with van der Waals surface area (Å²) in [6.07, 6.45) is -0.755. The third kappa shape index (κ3) is 3.69. The van der Waals surface area contributed by atoms with E-state index in [4.69, 9.17) is 14.6 Å². The van der Waals surface area contributed by atoms with Gasteiger partial charge in [-0.25, -0.2) is 4.79 Å². The van der Waals surface area contributed by atoms with Crippen LogP contribution in [0.2, 0.25) is 0 Å². The molecule has 72 valence electrons. The second-order valence-electron chi connectivity index (χ2n) is 2.65. The predicted octanol–water partition coefficient (Wildman–Crippen LogP) is 0.759. The molecule has 12 heavy (non-hydrogen) atoms. The molecule has 0 spiro atoms. The molecule has 0 fully saturated rings. The van der Waals surface area contributed by atoms with Crippen molar-refractivity contribution in [2.75, 3.05) is 20.3 Å². The zero-order valence-electron chi connectivity index (χ0n) is 7.74. The van der Waals surface area contributed by atoms with Crippen molar-refractivity contribution in [2.24, 2.45) is 5.92 Å². The molecule has 0 aliphatic heterocycles. The van der Waals surface area contributed by atoms with Gasteiger partial charge < -0.3 is 14.6 Å². The smallest absolute Gasteiger partial charge is 0.333 e. The van der Waals surface area contributed by atoms with Gasteiger partial charge in [0.25, 0.3) is 0 Å². The molecule has 0 aliphatic carbocycles. The highest BCUT2D eigenvalue weighted by Crippen LogP contribution is 2.07. The first-order valence-corrected chi connectivity index (χ1v) is 3.96. The van der Waals surface area contributed by atoms with E-state index in [9.17, 15) is 4.79 Å². The molecular formula is C8H16O4. The highest BCUT2D eigenvalue weighted by molar-refractivity contribution is 5.72. The molecule has 0 saturated carbocycles. The average Bonchev–Trinajstić information content (AvgIpc) is 1.99. The molecule has 0 heterocycles. The van der Waals surface area contributed by atoms with Crippen LogP contribution in [-0.4, -0.2) is 37.5 Å². The summed E-state index contributed by atoms with van der Waals surface area (Å²) in [7, 11) is 1.54. The average molecular weight is 176 g/mol. The Kier molecular flexibility index (Phi) is 5.66. The van der Waals surface area contributed by atoms with Gasteiger partial charge in [-0.15, -0.1) is 0 Å². The number of hydrogen-bond acceptors (Lipinski definition) is 3. The Morgan fingerprint density at radius 3 is 2.50 bits per heavy atom. The minimum Gasteiger partial charge on any atom is -0.479 e. The maximum absolute atomic E-state index is 10.6. The lowest BCUT2D eigenvalue weighted by Gasteiger charge is -2.18. The molecule has 4 heteroatoms. The number of carbonyl (C=O) groups is 1. The maximum Gasteiger partial charge on any atom is 0.333 e. The van der Waals surface area contributed by atoms with E-state index in [-0.39, 0.29) is 5.92 Å². The molecule has 0 aliphatic rings.